The Bertz CT molecular complexity index is 595. The summed E-state index contributed by atoms with van der Waals surface area (Å²) in [6.07, 6.45) is 1.40. The number of amides is 1. The lowest BCUT2D eigenvalue weighted by Crippen LogP contribution is -2.29. The number of hydrogen-bond acceptors (Lipinski definition) is 3. The predicted molar refractivity (Wildman–Crippen MR) is 75.1 cm³/mol. The highest BCUT2D eigenvalue weighted by atomic mass is 35.5. The van der Waals surface area contributed by atoms with Crippen LogP contribution < -0.4 is 5.73 Å². The van der Waals surface area contributed by atoms with Crippen molar-refractivity contribution < 1.29 is 9.21 Å². The molecule has 0 aliphatic carbocycles. The van der Waals surface area contributed by atoms with Crippen molar-refractivity contribution in [1.82, 2.24) is 4.90 Å². The number of nitrogens with zero attached hydrogens (tertiary/aromatic N) is 1. The molecule has 1 atom stereocenters. The number of carbonyl (C=O) groups excluding carboxylic acids is 1. The summed E-state index contributed by atoms with van der Waals surface area (Å²) in [7, 11) is 1.72. The van der Waals surface area contributed by atoms with Gasteiger partial charge in [-0.2, -0.15) is 0 Å². The van der Waals surface area contributed by atoms with Gasteiger partial charge >= 0.3 is 0 Å². The Morgan fingerprint density at radius 3 is 2.74 bits per heavy atom. The quantitative estimate of drug-likeness (QED) is 0.876. The molecule has 1 unspecified atom stereocenters. The van der Waals surface area contributed by atoms with E-state index in [1.807, 2.05) is 31.2 Å². The van der Waals surface area contributed by atoms with E-state index in [4.69, 9.17) is 21.8 Å². The Balaban J connectivity index is 2.22. The molecule has 4 nitrogen and oxygen atoms in total. The van der Waals surface area contributed by atoms with Crippen LogP contribution in [-0.4, -0.2) is 17.9 Å². The fraction of sp³-hybridized carbons (Fsp3) is 0.214. The Hall–Kier alpha value is -1.94. The number of nitrogens with two attached hydrogens (primary N) is 1. The van der Waals surface area contributed by atoms with Crippen molar-refractivity contribution in [1.29, 1.82) is 0 Å². The molecule has 1 aromatic heterocycles. The highest BCUT2D eigenvalue weighted by Gasteiger charge is 2.22. The van der Waals surface area contributed by atoms with Crippen molar-refractivity contribution in [3.8, 4) is 0 Å². The van der Waals surface area contributed by atoms with E-state index in [9.17, 15) is 4.79 Å². The van der Waals surface area contributed by atoms with Gasteiger partial charge in [0.2, 0.25) is 5.22 Å². The molecule has 0 saturated carbocycles. The summed E-state index contributed by atoms with van der Waals surface area (Å²) < 4.78 is 4.94. The van der Waals surface area contributed by atoms with Gasteiger partial charge in [-0.05, 0) is 42.3 Å². The van der Waals surface area contributed by atoms with Gasteiger partial charge in [0.25, 0.3) is 5.91 Å². The van der Waals surface area contributed by atoms with Crippen LogP contribution in [0.3, 0.4) is 0 Å². The minimum absolute atomic E-state index is 0.108. The van der Waals surface area contributed by atoms with Crippen LogP contribution in [0.15, 0.2) is 41.0 Å². The van der Waals surface area contributed by atoms with E-state index in [0.717, 1.165) is 5.56 Å². The van der Waals surface area contributed by atoms with Gasteiger partial charge in [0.1, 0.15) is 0 Å². The SMILES string of the molecule is CC(c1cccc(N)c1)N(C)C(=O)c1ccoc1Cl. The first-order valence-electron chi connectivity index (χ1n) is 5.86. The summed E-state index contributed by atoms with van der Waals surface area (Å²) >= 11 is 5.82. The molecule has 2 rings (SSSR count). The lowest BCUT2D eigenvalue weighted by atomic mass is 10.1. The van der Waals surface area contributed by atoms with E-state index in [1.54, 1.807) is 18.0 Å². The highest BCUT2D eigenvalue weighted by molar-refractivity contribution is 6.32. The fourth-order valence-electron chi connectivity index (χ4n) is 1.85. The molecular weight excluding hydrogens is 264 g/mol. The van der Waals surface area contributed by atoms with Gasteiger partial charge in [-0.1, -0.05) is 12.1 Å². The van der Waals surface area contributed by atoms with Crippen LogP contribution in [-0.2, 0) is 0 Å². The predicted octanol–water partition coefficient (Wildman–Crippen LogP) is 3.35. The van der Waals surface area contributed by atoms with Gasteiger partial charge in [0.15, 0.2) is 0 Å². The molecule has 100 valence electrons. The number of hydrogen-bond donors (Lipinski definition) is 1. The molecule has 0 saturated heterocycles. The van der Waals surface area contributed by atoms with E-state index >= 15 is 0 Å². The maximum absolute atomic E-state index is 12.3. The number of benzene rings is 1. The summed E-state index contributed by atoms with van der Waals surface area (Å²) in [6, 6.07) is 8.91. The van der Waals surface area contributed by atoms with Crippen molar-refractivity contribution in [2.24, 2.45) is 0 Å². The molecule has 1 heterocycles. The maximum atomic E-state index is 12.3. The van der Waals surface area contributed by atoms with Gasteiger partial charge in [0, 0.05) is 12.7 Å². The zero-order valence-corrected chi connectivity index (χ0v) is 11.5. The zero-order valence-electron chi connectivity index (χ0n) is 10.8. The van der Waals surface area contributed by atoms with Crippen molar-refractivity contribution in [2.75, 3.05) is 12.8 Å². The first-order chi connectivity index (χ1) is 9.00. The van der Waals surface area contributed by atoms with Crippen LogP contribution in [0.1, 0.15) is 28.9 Å². The lowest BCUT2D eigenvalue weighted by molar-refractivity contribution is 0.0742. The third kappa shape index (κ3) is 2.74. The molecular formula is C14H15ClN2O2. The summed E-state index contributed by atoms with van der Waals surface area (Å²) in [6.45, 7) is 1.93. The van der Waals surface area contributed by atoms with Crippen LogP contribution in [0.2, 0.25) is 5.22 Å². The molecule has 5 heteroatoms. The number of nitrogen functional groups attached to an aromatic ring is 1. The summed E-state index contributed by atoms with van der Waals surface area (Å²) in [5.41, 5.74) is 7.75. The molecule has 0 fully saturated rings. The summed E-state index contributed by atoms with van der Waals surface area (Å²) in [4.78, 5) is 13.9. The minimum Gasteiger partial charge on any atom is -0.452 e. The second kappa shape index (κ2) is 5.36. The molecule has 0 aliphatic heterocycles. The molecule has 2 N–H and O–H groups in total. The first-order valence-corrected chi connectivity index (χ1v) is 6.24. The Labute approximate surface area is 116 Å². The maximum Gasteiger partial charge on any atom is 0.258 e. The van der Waals surface area contributed by atoms with E-state index in [-0.39, 0.29) is 17.2 Å². The third-order valence-electron chi connectivity index (χ3n) is 3.14. The molecule has 0 spiro atoms. The highest BCUT2D eigenvalue weighted by Crippen LogP contribution is 2.25. The van der Waals surface area contributed by atoms with Gasteiger partial charge in [-0.25, -0.2) is 0 Å². The van der Waals surface area contributed by atoms with Crippen molar-refractivity contribution in [3.63, 3.8) is 0 Å². The van der Waals surface area contributed by atoms with Crippen LogP contribution >= 0.6 is 11.6 Å². The molecule has 19 heavy (non-hydrogen) atoms. The van der Waals surface area contributed by atoms with Crippen LogP contribution in [0, 0.1) is 0 Å². The van der Waals surface area contributed by atoms with E-state index in [0.29, 0.717) is 11.3 Å². The Morgan fingerprint density at radius 1 is 1.42 bits per heavy atom. The van der Waals surface area contributed by atoms with Gasteiger partial charge in [-0.15, -0.1) is 0 Å². The van der Waals surface area contributed by atoms with Crippen LogP contribution in [0.25, 0.3) is 0 Å². The van der Waals surface area contributed by atoms with Gasteiger partial charge in [0.05, 0.1) is 17.9 Å². The first kappa shape index (κ1) is 13.5. The van der Waals surface area contributed by atoms with Crippen LogP contribution in [0.4, 0.5) is 5.69 Å². The second-order valence-electron chi connectivity index (χ2n) is 4.37. The van der Waals surface area contributed by atoms with E-state index in [1.165, 1.54) is 6.26 Å². The van der Waals surface area contributed by atoms with Crippen LogP contribution in [0.5, 0.6) is 0 Å². The molecule has 1 amide bonds. The number of rotatable bonds is 3. The largest absolute Gasteiger partial charge is 0.452 e. The molecule has 2 aromatic rings. The normalized spacial score (nSPS) is 12.2. The minimum atomic E-state index is -0.186. The summed E-state index contributed by atoms with van der Waals surface area (Å²) in [5, 5.41) is 0.108. The molecule has 0 radical (unpaired) electrons. The molecule has 0 bridgehead atoms. The van der Waals surface area contributed by atoms with Crippen molar-refractivity contribution in [2.45, 2.75) is 13.0 Å². The third-order valence-corrected chi connectivity index (χ3v) is 3.44. The smallest absolute Gasteiger partial charge is 0.258 e. The number of anilines is 1. The number of halogens is 1. The number of carbonyl (C=O) groups is 1. The molecule has 0 aliphatic rings. The van der Waals surface area contributed by atoms with E-state index < -0.39 is 0 Å². The average molecular weight is 279 g/mol. The lowest BCUT2D eigenvalue weighted by Gasteiger charge is -2.25. The van der Waals surface area contributed by atoms with Crippen molar-refractivity contribution in [3.05, 3.63) is 52.9 Å². The molecule has 1 aromatic carbocycles. The monoisotopic (exact) mass is 278 g/mol. The fourth-order valence-corrected chi connectivity index (χ4v) is 2.05. The zero-order chi connectivity index (χ0) is 14.0. The standard InChI is InChI=1S/C14H15ClN2O2/c1-9(10-4-3-5-11(16)8-10)17(2)14(18)12-6-7-19-13(12)15/h3-9H,16H2,1-2H3. The van der Waals surface area contributed by atoms with Crippen molar-refractivity contribution >= 4 is 23.2 Å². The number of furan rings is 1. The van der Waals surface area contributed by atoms with Gasteiger partial charge < -0.3 is 15.1 Å². The van der Waals surface area contributed by atoms with E-state index in [2.05, 4.69) is 0 Å². The Kier molecular flexibility index (Phi) is 3.81. The Morgan fingerprint density at radius 2 is 2.16 bits per heavy atom. The van der Waals surface area contributed by atoms with Gasteiger partial charge in [-0.3, -0.25) is 4.79 Å². The average Bonchev–Trinajstić information content (AvgIpc) is 2.82. The topological polar surface area (TPSA) is 59.5 Å². The second-order valence-corrected chi connectivity index (χ2v) is 4.71. The summed E-state index contributed by atoms with van der Waals surface area (Å²) in [5.74, 6) is -0.186.